The van der Waals surface area contributed by atoms with Crippen molar-refractivity contribution in [1.29, 1.82) is 0 Å². The van der Waals surface area contributed by atoms with Gasteiger partial charge in [-0.05, 0) is 56.0 Å². The number of rotatable bonds is 6. The summed E-state index contributed by atoms with van der Waals surface area (Å²) in [5.41, 5.74) is 4.64. The zero-order chi connectivity index (χ0) is 25.5. The number of aromatic nitrogens is 5. The van der Waals surface area contributed by atoms with Crippen LogP contribution in [0.15, 0.2) is 47.3 Å². The standard InChI is InChI=1S/C29H31N5O3/c1-18-30-27-25(29(35)34(18)20-9-5-4-6-10-20)26-28(32-22-12-8-7-11-21(22)31-26)33(27)16-15-19-13-14-23(36-2)24(17-19)37-3/h7-8,11-14,17,20H,4-6,9-10,15-16H2,1-3H3. The fourth-order valence-corrected chi connectivity index (χ4v) is 5.73. The molecule has 0 spiro atoms. The van der Waals surface area contributed by atoms with E-state index in [1.165, 1.54) is 6.42 Å². The Balaban J connectivity index is 1.53. The van der Waals surface area contributed by atoms with Crippen LogP contribution in [0.3, 0.4) is 0 Å². The Morgan fingerprint density at radius 2 is 1.62 bits per heavy atom. The summed E-state index contributed by atoms with van der Waals surface area (Å²) >= 11 is 0. The largest absolute Gasteiger partial charge is 0.493 e. The van der Waals surface area contributed by atoms with Gasteiger partial charge in [-0.1, -0.05) is 37.5 Å². The van der Waals surface area contributed by atoms with E-state index < -0.39 is 0 Å². The lowest BCUT2D eigenvalue weighted by Gasteiger charge is -2.25. The summed E-state index contributed by atoms with van der Waals surface area (Å²) in [6.45, 7) is 2.55. The van der Waals surface area contributed by atoms with Gasteiger partial charge >= 0.3 is 0 Å². The maximum Gasteiger partial charge on any atom is 0.265 e. The highest BCUT2D eigenvalue weighted by atomic mass is 16.5. The van der Waals surface area contributed by atoms with Crippen molar-refractivity contribution in [3.63, 3.8) is 0 Å². The first-order valence-corrected chi connectivity index (χ1v) is 13.0. The van der Waals surface area contributed by atoms with Gasteiger partial charge < -0.3 is 14.0 Å². The summed E-state index contributed by atoms with van der Waals surface area (Å²) in [5, 5.41) is 0.566. The van der Waals surface area contributed by atoms with Crippen LogP contribution in [0.1, 0.15) is 49.5 Å². The molecule has 0 amide bonds. The molecule has 1 saturated carbocycles. The molecule has 0 bridgehead atoms. The molecule has 3 heterocycles. The molecule has 0 aliphatic heterocycles. The quantitative estimate of drug-likeness (QED) is 0.314. The van der Waals surface area contributed by atoms with Gasteiger partial charge in [-0.2, -0.15) is 0 Å². The minimum absolute atomic E-state index is 0.00570. The average molecular weight is 498 g/mol. The van der Waals surface area contributed by atoms with E-state index in [9.17, 15) is 4.79 Å². The molecule has 0 N–H and O–H groups in total. The fraction of sp³-hybridized carbons (Fsp3) is 0.379. The molecule has 0 radical (unpaired) electrons. The Labute approximate surface area is 214 Å². The summed E-state index contributed by atoms with van der Waals surface area (Å²) in [5.74, 6) is 2.14. The van der Waals surface area contributed by atoms with Crippen molar-refractivity contribution in [2.45, 2.75) is 58.0 Å². The third-order valence-corrected chi connectivity index (χ3v) is 7.58. The lowest BCUT2D eigenvalue weighted by Crippen LogP contribution is -2.29. The van der Waals surface area contributed by atoms with Crippen LogP contribution in [0.5, 0.6) is 11.5 Å². The van der Waals surface area contributed by atoms with Crippen LogP contribution in [-0.4, -0.2) is 38.3 Å². The van der Waals surface area contributed by atoms with Gasteiger partial charge in [0.1, 0.15) is 16.7 Å². The zero-order valence-electron chi connectivity index (χ0n) is 21.5. The van der Waals surface area contributed by atoms with Gasteiger partial charge in [-0.15, -0.1) is 0 Å². The summed E-state index contributed by atoms with van der Waals surface area (Å²) in [4.78, 5) is 29.0. The van der Waals surface area contributed by atoms with Crippen molar-refractivity contribution in [3.8, 4) is 11.5 Å². The van der Waals surface area contributed by atoms with Gasteiger partial charge in [0.25, 0.3) is 5.56 Å². The predicted octanol–water partition coefficient (Wildman–Crippen LogP) is 5.37. The monoisotopic (exact) mass is 497 g/mol. The minimum Gasteiger partial charge on any atom is -0.493 e. The maximum atomic E-state index is 14.1. The van der Waals surface area contributed by atoms with Crippen LogP contribution in [0.2, 0.25) is 0 Å². The van der Waals surface area contributed by atoms with E-state index in [4.69, 9.17) is 24.4 Å². The number of benzene rings is 2. The zero-order valence-corrected chi connectivity index (χ0v) is 21.5. The maximum absolute atomic E-state index is 14.1. The summed E-state index contributed by atoms with van der Waals surface area (Å²) in [6.07, 6.45) is 6.26. The van der Waals surface area contributed by atoms with Crippen LogP contribution in [-0.2, 0) is 13.0 Å². The van der Waals surface area contributed by atoms with E-state index in [0.29, 0.717) is 46.7 Å². The topological polar surface area (TPSA) is 84.1 Å². The average Bonchev–Trinajstić information content (AvgIpc) is 3.22. The van der Waals surface area contributed by atoms with Gasteiger partial charge in [0.2, 0.25) is 0 Å². The molecule has 1 aliphatic carbocycles. The lowest BCUT2D eigenvalue weighted by atomic mass is 9.95. The van der Waals surface area contributed by atoms with Crippen molar-refractivity contribution in [3.05, 3.63) is 64.2 Å². The van der Waals surface area contributed by atoms with Crippen LogP contribution in [0.4, 0.5) is 0 Å². The molecule has 1 fully saturated rings. The molecule has 8 heteroatoms. The Bertz CT molecular complexity index is 1680. The van der Waals surface area contributed by atoms with E-state index in [2.05, 4.69) is 4.57 Å². The minimum atomic E-state index is -0.00570. The van der Waals surface area contributed by atoms with E-state index in [1.54, 1.807) is 14.2 Å². The molecular weight excluding hydrogens is 466 g/mol. The molecule has 0 unspecified atom stereocenters. The van der Waals surface area contributed by atoms with E-state index >= 15 is 0 Å². The third-order valence-electron chi connectivity index (χ3n) is 7.58. The molecule has 1 aliphatic rings. The Kier molecular flexibility index (Phi) is 6.02. The Morgan fingerprint density at radius 3 is 2.35 bits per heavy atom. The van der Waals surface area contributed by atoms with Gasteiger partial charge in [-0.25, -0.2) is 15.0 Å². The number of hydrogen-bond donors (Lipinski definition) is 0. The summed E-state index contributed by atoms with van der Waals surface area (Å²) in [6, 6.07) is 13.9. The number of para-hydroxylation sites is 2. The van der Waals surface area contributed by atoms with Crippen LogP contribution < -0.4 is 15.0 Å². The Hall–Kier alpha value is -3.94. The van der Waals surface area contributed by atoms with Gasteiger partial charge in [-0.3, -0.25) is 9.36 Å². The third kappa shape index (κ3) is 4.00. The fourth-order valence-electron chi connectivity index (χ4n) is 5.73. The molecule has 8 nitrogen and oxygen atoms in total. The van der Waals surface area contributed by atoms with Crippen molar-refractivity contribution < 1.29 is 9.47 Å². The highest BCUT2D eigenvalue weighted by Gasteiger charge is 2.25. The van der Waals surface area contributed by atoms with E-state index in [1.807, 2.05) is 54.0 Å². The highest BCUT2D eigenvalue weighted by Crippen LogP contribution is 2.31. The first kappa shape index (κ1) is 23.5. The first-order chi connectivity index (χ1) is 18.1. The van der Waals surface area contributed by atoms with E-state index in [-0.39, 0.29) is 11.6 Å². The molecule has 37 heavy (non-hydrogen) atoms. The number of aryl methyl sites for hydroxylation is 3. The number of methoxy groups -OCH3 is 2. The highest BCUT2D eigenvalue weighted by molar-refractivity contribution is 6.04. The second kappa shape index (κ2) is 9.50. The van der Waals surface area contributed by atoms with Crippen LogP contribution >= 0.6 is 0 Å². The van der Waals surface area contributed by atoms with E-state index in [0.717, 1.165) is 48.1 Å². The van der Waals surface area contributed by atoms with Gasteiger partial charge in [0.05, 0.1) is 25.3 Å². The van der Waals surface area contributed by atoms with Crippen molar-refractivity contribution >= 4 is 33.2 Å². The second-order valence-corrected chi connectivity index (χ2v) is 9.80. The summed E-state index contributed by atoms with van der Waals surface area (Å²) in [7, 11) is 3.27. The molecule has 6 rings (SSSR count). The number of hydrogen-bond acceptors (Lipinski definition) is 6. The molecular formula is C29H31N5O3. The molecule has 3 aromatic heterocycles. The van der Waals surface area contributed by atoms with Gasteiger partial charge in [0.15, 0.2) is 22.8 Å². The second-order valence-electron chi connectivity index (χ2n) is 9.80. The van der Waals surface area contributed by atoms with Crippen LogP contribution in [0, 0.1) is 6.92 Å². The Morgan fingerprint density at radius 1 is 0.892 bits per heavy atom. The molecule has 0 saturated heterocycles. The first-order valence-electron chi connectivity index (χ1n) is 13.0. The normalized spacial score (nSPS) is 14.6. The van der Waals surface area contributed by atoms with Crippen molar-refractivity contribution in [1.82, 2.24) is 24.1 Å². The van der Waals surface area contributed by atoms with Crippen LogP contribution in [0.25, 0.3) is 33.2 Å². The smallest absolute Gasteiger partial charge is 0.265 e. The summed E-state index contributed by atoms with van der Waals surface area (Å²) < 4.78 is 14.9. The molecule has 2 aromatic carbocycles. The molecule has 0 atom stereocenters. The number of fused-ring (bicyclic) bond motifs is 4. The number of ether oxygens (including phenoxy) is 2. The van der Waals surface area contributed by atoms with Crippen molar-refractivity contribution in [2.75, 3.05) is 14.2 Å². The number of nitrogens with zero attached hydrogens (tertiary/aromatic N) is 5. The van der Waals surface area contributed by atoms with Crippen molar-refractivity contribution in [2.24, 2.45) is 0 Å². The SMILES string of the molecule is COc1ccc(CCn2c3nc4ccccc4nc3c3c(=O)n(C4CCCCC4)c(C)nc32)cc1OC. The molecule has 190 valence electrons. The van der Waals surface area contributed by atoms with Gasteiger partial charge in [0, 0.05) is 12.6 Å². The predicted molar refractivity (Wildman–Crippen MR) is 145 cm³/mol. The molecule has 5 aromatic rings. The lowest BCUT2D eigenvalue weighted by molar-refractivity contribution is 0.339.